The van der Waals surface area contributed by atoms with E-state index in [0.717, 1.165) is 11.6 Å². The minimum absolute atomic E-state index is 0.783. The van der Waals surface area contributed by atoms with Crippen molar-refractivity contribution in [2.75, 3.05) is 14.1 Å². The average molecular weight is 185 g/mol. The Balaban J connectivity index is 2.58. The molecule has 0 bridgehead atoms. The van der Waals surface area contributed by atoms with Gasteiger partial charge >= 0.3 is 0 Å². The third-order valence-corrected chi connectivity index (χ3v) is 1.97. The van der Waals surface area contributed by atoms with Crippen LogP contribution in [0.4, 0.5) is 0 Å². The van der Waals surface area contributed by atoms with Gasteiger partial charge in [0.2, 0.25) is 0 Å². The first kappa shape index (κ1) is 9.52. The summed E-state index contributed by atoms with van der Waals surface area (Å²) in [5.74, 6) is 0. The van der Waals surface area contributed by atoms with Crippen molar-refractivity contribution in [2.45, 2.75) is 6.54 Å². The van der Waals surface area contributed by atoms with Gasteiger partial charge in [0.25, 0.3) is 0 Å². The molecule has 1 rings (SSSR count). The summed E-state index contributed by atoms with van der Waals surface area (Å²) in [5, 5.41) is 2.79. The molecule has 1 N–H and O–H groups in total. The molecule has 0 saturated carbocycles. The van der Waals surface area contributed by atoms with Crippen LogP contribution in [0.5, 0.6) is 0 Å². The van der Waals surface area contributed by atoms with Gasteiger partial charge in [-0.05, 0) is 24.7 Å². The lowest BCUT2D eigenvalue weighted by Crippen LogP contribution is -2.29. The molecule has 0 fully saturated rings. The maximum absolute atomic E-state index is 5.75. The third kappa shape index (κ3) is 2.81. The maximum atomic E-state index is 5.75. The van der Waals surface area contributed by atoms with Crippen molar-refractivity contribution in [3.8, 4) is 0 Å². The number of hydrogen-bond acceptors (Lipinski definition) is 2. The molecule has 0 aliphatic heterocycles. The fourth-order valence-electron chi connectivity index (χ4n) is 0.943. The topological polar surface area (TPSA) is 15.3 Å². The lowest BCUT2D eigenvalue weighted by molar-refractivity contribution is 0.251. The molecule has 3 heteroatoms. The second-order valence-electron chi connectivity index (χ2n) is 2.71. The van der Waals surface area contributed by atoms with Crippen LogP contribution in [-0.2, 0) is 6.54 Å². The monoisotopic (exact) mass is 184 g/mol. The zero-order valence-electron chi connectivity index (χ0n) is 7.34. The van der Waals surface area contributed by atoms with E-state index in [1.807, 2.05) is 43.4 Å². The molecule has 2 nitrogen and oxygen atoms in total. The lowest BCUT2D eigenvalue weighted by atomic mass is 10.2. The molecule has 0 saturated heterocycles. The van der Waals surface area contributed by atoms with E-state index in [2.05, 4.69) is 5.43 Å². The number of rotatable bonds is 3. The molecular weight excluding hydrogens is 172 g/mol. The highest BCUT2D eigenvalue weighted by Gasteiger charge is 1.96. The highest BCUT2D eigenvalue weighted by Crippen LogP contribution is 2.09. The number of nitrogens with zero attached hydrogens (tertiary/aromatic N) is 1. The Morgan fingerprint density at radius 3 is 2.42 bits per heavy atom. The number of halogens is 1. The first-order valence-corrected chi connectivity index (χ1v) is 4.23. The summed E-state index contributed by atoms with van der Waals surface area (Å²) >= 11 is 5.75. The lowest BCUT2D eigenvalue weighted by Gasteiger charge is -2.14. The van der Waals surface area contributed by atoms with Crippen molar-refractivity contribution in [3.05, 3.63) is 34.9 Å². The van der Waals surface area contributed by atoms with Crippen LogP contribution >= 0.6 is 11.6 Å². The average Bonchev–Trinajstić information content (AvgIpc) is 2.09. The Kier molecular flexibility index (Phi) is 3.53. The SMILES string of the molecule is CNN(C)Cc1ccc(Cl)cc1. The molecule has 0 atom stereocenters. The van der Waals surface area contributed by atoms with Gasteiger partial charge in [-0.15, -0.1) is 0 Å². The molecule has 0 aliphatic rings. The van der Waals surface area contributed by atoms with Crippen LogP contribution in [0, 0.1) is 0 Å². The fraction of sp³-hybridized carbons (Fsp3) is 0.333. The quantitative estimate of drug-likeness (QED) is 0.722. The summed E-state index contributed by atoms with van der Waals surface area (Å²) in [6, 6.07) is 7.85. The van der Waals surface area contributed by atoms with Gasteiger partial charge in [0, 0.05) is 18.6 Å². The predicted molar refractivity (Wildman–Crippen MR) is 52.0 cm³/mol. The molecule has 1 aromatic rings. The zero-order chi connectivity index (χ0) is 8.97. The van der Waals surface area contributed by atoms with Gasteiger partial charge in [-0.1, -0.05) is 23.7 Å². The van der Waals surface area contributed by atoms with Gasteiger partial charge in [-0.25, -0.2) is 5.01 Å². The molecule has 0 unspecified atom stereocenters. The van der Waals surface area contributed by atoms with Crippen molar-refractivity contribution in [1.82, 2.24) is 10.4 Å². The van der Waals surface area contributed by atoms with Gasteiger partial charge in [-0.3, -0.25) is 5.43 Å². The van der Waals surface area contributed by atoms with Crippen molar-refractivity contribution in [1.29, 1.82) is 0 Å². The second-order valence-corrected chi connectivity index (χ2v) is 3.14. The normalized spacial score (nSPS) is 10.7. The Hall–Kier alpha value is -0.570. The van der Waals surface area contributed by atoms with Gasteiger partial charge in [0.1, 0.15) is 0 Å². The van der Waals surface area contributed by atoms with Gasteiger partial charge in [0.15, 0.2) is 0 Å². The minimum atomic E-state index is 0.783. The smallest absolute Gasteiger partial charge is 0.0406 e. The Morgan fingerprint density at radius 2 is 1.92 bits per heavy atom. The van der Waals surface area contributed by atoms with E-state index >= 15 is 0 Å². The molecule has 0 aromatic heterocycles. The first-order chi connectivity index (χ1) is 5.72. The summed E-state index contributed by atoms with van der Waals surface area (Å²) < 4.78 is 0. The summed E-state index contributed by atoms with van der Waals surface area (Å²) in [6.45, 7) is 0.883. The standard InChI is InChI=1S/C9H13ClN2/c1-11-12(2)7-8-3-5-9(10)6-4-8/h3-6,11H,7H2,1-2H3. The number of hydrogen-bond donors (Lipinski definition) is 1. The Labute approximate surface area is 78.1 Å². The van der Waals surface area contributed by atoms with E-state index < -0.39 is 0 Å². The molecule has 0 spiro atoms. The van der Waals surface area contributed by atoms with E-state index in [4.69, 9.17) is 11.6 Å². The van der Waals surface area contributed by atoms with Crippen LogP contribution in [-0.4, -0.2) is 19.1 Å². The molecule has 0 aliphatic carbocycles. The van der Waals surface area contributed by atoms with Crippen molar-refractivity contribution in [2.24, 2.45) is 0 Å². The van der Waals surface area contributed by atoms with Crippen molar-refractivity contribution < 1.29 is 0 Å². The van der Waals surface area contributed by atoms with Gasteiger partial charge in [0.05, 0.1) is 0 Å². The van der Waals surface area contributed by atoms with Crippen LogP contribution in [0.1, 0.15) is 5.56 Å². The largest absolute Gasteiger partial charge is 0.258 e. The highest BCUT2D eigenvalue weighted by molar-refractivity contribution is 6.30. The minimum Gasteiger partial charge on any atom is -0.258 e. The van der Waals surface area contributed by atoms with E-state index in [9.17, 15) is 0 Å². The zero-order valence-corrected chi connectivity index (χ0v) is 8.10. The molecule has 12 heavy (non-hydrogen) atoms. The third-order valence-electron chi connectivity index (χ3n) is 1.71. The summed E-state index contributed by atoms with van der Waals surface area (Å²) in [6.07, 6.45) is 0. The van der Waals surface area contributed by atoms with Gasteiger partial charge in [-0.2, -0.15) is 0 Å². The van der Waals surface area contributed by atoms with E-state index in [0.29, 0.717) is 0 Å². The number of hydrazine groups is 1. The molecule has 0 radical (unpaired) electrons. The van der Waals surface area contributed by atoms with E-state index in [1.54, 1.807) is 0 Å². The van der Waals surface area contributed by atoms with Crippen LogP contribution < -0.4 is 5.43 Å². The van der Waals surface area contributed by atoms with E-state index in [1.165, 1.54) is 5.56 Å². The fourth-order valence-corrected chi connectivity index (χ4v) is 1.07. The first-order valence-electron chi connectivity index (χ1n) is 3.85. The number of nitrogens with one attached hydrogen (secondary N) is 1. The summed E-state index contributed by atoms with van der Waals surface area (Å²) in [7, 11) is 3.89. The molecule has 0 amide bonds. The van der Waals surface area contributed by atoms with Crippen molar-refractivity contribution in [3.63, 3.8) is 0 Å². The number of benzene rings is 1. The van der Waals surface area contributed by atoms with Crippen molar-refractivity contribution >= 4 is 11.6 Å². The van der Waals surface area contributed by atoms with Crippen LogP contribution in [0.3, 0.4) is 0 Å². The van der Waals surface area contributed by atoms with Crippen LogP contribution in [0.15, 0.2) is 24.3 Å². The van der Waals surface area contributed by atoms with E-state index in [-0.39, 0.29) is 0 Å². The predicted octanol–water partition coefficient (Wildman–Crippen LogP) is 1.91. The molecule has 1 aromatic carbocycles. The van der Waals surface area contributed by atoms with Gasteiger partial charge < -0.3 is 0 Å². The summed E-state index contributed by atoms with van der Waals surface area (Å²) in [5.41, 5.74) is 4.27. The Morgan fingerprint density at radius 1 is 1.33 bits per heavy atom. The second kappa shape index (κ2) is 4.45. The van der Waals surface area contributed by atoms with Crippen LogP contribution in [0.2, 0.25) is 5.02 Å². The summed E-state index contributed by atoms with van der Waals surface area (Å²) in [4.78, 5) is 0. The maximum Gasteiger partial charge on any atom is 0.0406 e. The Bertz CT molecular complexity index is 233. The molecule has 0 heterocycles. The molecule has 66 valence electrons. The molecular formula is C9H13ClN2. The van der Waals surface area contributed by atoms with Crippen LogP contribution in [0.25, 0.3) is 0 Å². The highest BCUT2D eigenvalue weighted by atomic mass is 35.5.